The van der Waals surface area contributed by atoms with Crippen LogP contribution in [-0.4, -0.2) is 86.5 Å². The van der Waals surface area contributed by atoms with Gasteiger partial charge in [-0.25, -0.2) is 4.99 Å². The number of nitrogens with zero attached hydrogens (tertiary/aromatic N) is 3. The van der Waals surface area contributed by atoms with Gasteiger partial charge in [-0.1, -0.05) is 13.3 Å². The zero-order chi connectivity index (χ0) is 17.8. The van der Waals surface area contributed by atoms with Gasteiger partial charge in [0.2, 0.25) is 5.91 Å². The number of aliphatic imine (C=N–C) groups is 1. The Bertz CT molecular complexity index is 387. The highest BCUT2D eigenvalue weighted by Gasteiger charge is 2.19. The van der Waals surface area contributed by atoms with Crippen LogP contribution in [0.2, 0.25) is 0 Å². The molecule has 1 fully saturated rings. The molecule has 0 spiro atoms. The Balaban J connectivity index is 0.00000576. The van der Waals surface area contributed by atoms with Gasteiger partial charge in [0.15, 0.2) is 5.96 Å². The summed E-state index contributed by atoms with van der Waals surface area (Å²) in [7, 11) is 3.52. The van der Waals surface area contributed by atoms with E-state index in [9.17, 15) is 4.79 Å². The molecule has 1 saturated heterocycles. The van der Waals surface area contributed by atoms with E-state index >= 15 is 0 Å². The second kappa shape index (κ2) is 14.9. The van der Waals surface area contributed by atoms with Gasteiger partial charge in [0.1, 0.15) is 6.54 Å². The molecule has 1 aliphatic heterocycles. The van der Waals surface area contributed by atoms with E-state index in [-0.39, 0.29) is 36.4 Å². The van der Waals surface area contributed by atoms with E-state index in [2.05, 4.69) is 33.7 Å². The van der Waals surface area contributed by atoms with Crippen molar-refractivity contribution in [2.24, 2.45) is 4.99 Å². The van der Waals surface area contributed by atoms with Crippen LogP contribution in [-0.2, 0) is 4.79 Å². The zero-order valence-corrected chi connectivity index (χ0v) is 19.4. The number of unbranched alkanes of at least 4 members (excludes halogenated alkanes) is 1. The number of piperidine rings is 1. The van der Waals surface area contributed by atoms with Crippen molar-refractivity contribution >= 4 is 47.6 Å². The van der Waals surface area contributed by atoms with E-state index in [4.69, 9.17) is 0 Å². The molecule has 148 valence electrons. The fourth-order valence-corrected chi connectivity index (χ4v) is 2.89. The minimum Gasteiger partial charge on any atom is -0.356 e. The minimum absolute atomic E-state index is 0. The van der Waals surface area contributed by atoms with Crippen molar-refractivity contribution in [3.8, 4) is 0 Å². The molecule has 0 unspecified atom stereocenters. The van der Waals surface area contributed by atoms with Gasteiger partial charge in [-0.2, -0.15) is 11.8 Å². The number of guanidine groups is 1. The topological polar surface area (TPSA) is 60.0 Å². The maximum Gasteiger partial charge on any atom is 0.243 e. The van der Waals surface area contributed by atoms with Gasteiger partial charge in [0.05, 0.1) is 0 Å². The van der Waals surface area contributed by atoms with Crippen LogP contribution in [0.3, 0.4) is 0 Å². The van der Waals surface area contributed by atoms with E-state index in [0.29, 0.717) is 6.04 Å². The zero-order valence-electron chi connectivity index (χ0n) is 16.2. The van der Waals surface area contributed by atoms with E-state index in [0.717, 1.165) is 44.2 Å². The summed E-state index contributed by atoms with van der Waals surface area (Å²) in [4.78, 5) is 20.4. The van der Waals surface area contributed by atoms with E-state index < -0.39 is 0 Å². The largest absolute Gasteiger partial charge is 0.356 e. The SMILES string of the molecule is CCCCN1CCC(NC(=NCC(=O)N(C)C)NCCSC)CC1.I. The number of hydrogen-bond donors (Lipinski definition) is 2. The van der Waals surface area contributed by atoms with Gasteiger partial charge in [-0.15, -0.1) is 24.0 Å². The summed E-state index contributed by atoms with van der Waals surface area (Å²) in [6.45, 7) is 6.80. The molecule has 1 rings (SSSR count). The predicted octanol–water partition coefficient (Wildman–Crippen LogP) is 1.86. The molecule has 0 radical (unpaired) electrons. The Labute approximate surface area is 175 Å². The van der Waals surface area contributed by atoms with Gasteiger partial charge in [0.25, 0.3) is 0 Å². The van der Waals surface area contributed by atoms with Gasteiger partial charge in [0, 0.05) is 45.5 Å². The molecule has 0 atom stereocenters. The number of thioether (sulfide) groups is 1. The molecule has 1 heterocycles. The lowest BCUT2D eigenvalue weighted by molar-refractivity contribution is -0.127. The van der Waals surface area contributed by atoms with Crippen molar-refractivity contribution in [1.29, 1.82) is 0 Å². The number of nitrogens with one attached hydrogen (secondary N) is 2. The first-order valence-electron chi connectivity index (χ1n) is 9.03. The van der Waals surface area contributed by atoms with Crippen molar-refractivity contribution in [3.63, 3.8) is 0 Å². The monoisotopic (exact) mass is 485 g/mol. The van der Waals surface area contributed by atoms with Crippen LogP contribution in [0.5, 0.6) is 0 Å². The summed E-state index contributed by atoms with van der Waals surface area (Å²) in [5.41, 5.74) is 0. The lowest BCUT2D eigenvalue weighted by atomic mass is 10.0. The summed E-state index contributed by atoms with van der Waals surface area (Å²) in [5.74, 6) is 1.82. The second-order valence-electron chi connectivity index (χ2n) is 6.49. The average Bonchev–Trinajstić information content (AvgIpc) is 2.58. The fourth-order valence-electron chi connectivity index (χ4n) is 2.59. The van der Waals surface area contributed by atoms with Gasteiger partial charge < -0.3 is 20.4 Å². The van der Waals surface area contributed by atoms with Crippen LogP contribution in [0.15, 0.2) is 4.99 Å². The molecule has 8 heteroatoms. The van der Waals surface area contributed by atoms with E-state index in [1.807, 2.05) is 0 Å². The lowest BCUT2D eigenvalue weighted by Gasteiger charge is -2.33. The number of likely N-dealkylation sites (tertiary alicyclic amines) is 1. The molecule has 0 aromatic carbocycles. The number of carbonyl (C=O) groups is 1. The standard InChI is InChI=1S/C17H35N5OS.HI/c1-5-6-10-22-11-7-15(8-12-22)20-17(18-9-13-24-4)19-14-16(23)21(2)3;/h15H,5-14H2,1-4H3,(H2,18,19,20);1H. The van der Waals surface area contributed by atoms with Gasteiger partial charge in [-0.05, 0) is 32.1 Å². The Morgan fingerprint density at radius 3 is 2.56 bits per heavy atom. The van der Waals surface area contributed by atoms with Crippen LogP contribution < -0.4 is 10.6 Å². The Hall–Kier alpha value is -0.220. The number of amides is 1. The predicted molar refractivity (Wildman–Crippen MR) is 120 cm³/mol. The van der Waals surface area contributed by atoms with Crippen LogP contribution in [0.25, 0.3) is 0 Å². The molecule has 2 N–H and O–H groups in total. The number of carbonyl (C=O) groups excluding carboxylic acids is 1. The average molecular weight is 485 g/mol. The summed E-state index contributed by atoms with van der Waals surface area (Å²) in [5, 5.41) is 6.86. The maximum atomic E-state index is 11.8. The molecule has 25 heavy (non-hydrogen) atoms. The second-order valence-corrected chi connectivity index (χ2v) is 7.47. The van der Waals surface area contributed by atoms with E-state index in [1.165, 1.54) is 19.4 Å². The molecule has 0 aliphatic carbocycles. The third-order valence-electron chi connectivity index (χ3n) is 4.23. The molecular weight excluding hydrogens is 449 g/mol. The Morgan fingerprint density at radius 1 is 1.32 bits per heavy atom. The van der Waals surface area contributed by atoms with Crippen molar-refractivity contribution in [2.45, 2.75) is 38.6 Å². The van der Waals surface area contributed by atoms with Gasteiger partial charge in [-0.3, -0.25) is 4.79 Å². The molecular formula is C17H36IN5OS. The summed E-state index contributed by atoms with van der Waals surface area (Å²) in [6, 6.07) is 0.442. The molecule has 1 amide bonds. The highest BCUT2D eigenvalue weighted by Crippen LogP contribution is 2.11. The number of likely N-dealkylation sites (N-methyl/N-ethyl adjacent to an activating group) is 1. The molecule has 0 aromatic heterocycles. The highest BCUT2D eigenvalue weighted by atomic mass is 127. The van der Waals surface area contributed by atoms with Crippen molar-refractivity contribution in [1.82, 2.24) is 20.4 Å². The smallest absolute Gasteiger partial charge is 0.243 e. The third-order valence-corrected chi connectivity index (χ3v) is 4.84. The number of halogens is 1. The van der Waals surface area contributed by atoms with E-state index in [1.54, 1.807) is 30.8 Å². The molecule has 0 saturated carbocycles. The first-order valence-corrected chi connectivity index (χ1v) is 10.4. The van der Waals surface area contributed by atoms with Crippen molar-refractivity contribution < 1.29 is 4.79 Å². The third kappa shape index (κ3) is 11.2. The minimum atomic E-state index is 0. The fraction of sp³-hybridized carbons (Fsp3) is 0.882. The Morgan fingerprint density at radius 2 is 2.00 bits per heavy atom. The molecule has 6 nitrogen and oxygen atoms in total. The lowest BCUT2D eigenvalue weighted by Crippen LogP contribution is -2.49. The van der Waals surface area contributed by atoms with Crippen LogP contribution in [0, 0.1) is 0 Å². The molecule has 1 aliphatic rings. The first kappa shape index (κ1) is 24.8. The van der Waals surface area contributed by atoms with Crippen LogP contribution in [0.1, 0.15) is 32.6 Å². The maximum absolute atomic E-state index is 11.8. The van der Waals surface area contributed by atoms with Gasteiger partial charge >= 0.3 is 0 Å². The summed E-state index contributed by atoms with van der Waals surface area (Å²) < 4.78 is 0. The Kier molecular flexibility index (Phi) is 14.8. The summed E-state index contributed by atoms with van der Waals surface area (Å²) in [6.07, 6.45) is 6.90. The number of hydrogen-bond acceptors (Lipinski definition) is 4. The first-order chi connectivity index (χ1) is 11.6. The highest BCUT2D eigenvalue weighted by molar-refractivity contribution is 14.0. The summed E-state index contributed by atoms with van der Waals surface area (Å²) >= 11 is 1.80. The molecule has 0 bridgehead atoms. The quantitative estimate of drug-likeness (QED) is 0.226. The van der Waals surface area contributed by atoms with Crippen molar-refractivity contribution in [2.75, 3.05) is 58.8 Å². The normalized spacial score (nSPS) is 16.2. The van der Waals surface area contributed by atoms with Crippen LogP contribution >= 0.6 is 35.7 Å². The number of rotatable bonds is 9. The van der Waals surface area contributed by atoms with Crippen molar-refractivity contribution in [3.05, 3.63) is 0 Å². The van der Waals surface area contributed by atoms with Crippen LogP contribution in [0.4, 0.5) is 0 Å². The molecule has 0 aromatic rings.